The lowest BCUT2D eigenvalue weighted by Gasteiger charge is -2.09. The molecule has 0 atom stereocenters. The maximum Gasteiger partial charge on any atom is 0.0967 e. The molecule has 0 saturated carbocycles. The van der Waals surface area contributed by atoms with Gasteiger partial charge in [0.25, 0.3) is 0 Å². The Hall–Kier alpha value is -6.10. The third-order valence-corrected chi connectivity index (χ3v) is 9.99. The van der Waals surface area contributed by atoms with Crippen molar-refractivity contribution in [3.63, 3.8) is 0 Å². The number of nitrogens with zero attached hydrogens (tertiary/aromatic N) is 8. The Kier molecular flexibility index (Phi) is 10.5. The quantitative estimate of drug-likeness (QED) is 0.119. The second-order valence-electron chi connectivity index (χ2n) is 12.0. The number of pyridine rings is 8. The number of hydrogen-bond acceptors (Lipinski definition) is 10. The van der Waals surface area contributed by atoms with Gasteiger partial charge in [0.1, 0.15) is 0 Å². The van der Waals surface area contributed by atoms with Crippen LogP contribution >= 0.6 is 23.5 Å². The maximum absolute atomic E-state index is 5.00. The maximum atomic E-state index is 5.00. The van der Waals surface area contributed by atoms with Crippen LogP contribution in [0, 0.1) is 0 Å². The summed E-state index contributed by atoms with van der Waals surface area (Å²) < 4.78 is 0. The highest BCUT2D eigenvalue weighted by molar-refractivity contribution is 7.99. The molecule has 8 rings (SSSR count). The van der Waals surface area contributed by atoms with E-state index in [2.05, 4.69) is 13.8 Å². The van der Waals surface area contributed by atoms with Crippen molar-refractivity contribution in [1.29, 1.82) is 0 Å². The molecule has 0 fully saturated rings. The van der Waals surface area contributed by atoms with Crippen molar-refractivity contribution in [3.8, 4) is 79.7 Å². The van der Waals surface area contributed by atoms with Gasteiger partial charge in [-0.25, -0.2) is 39.9 Å². The number of thioether (sulfide) groups is 2. The van der Waals surface area contributed by atoms with Crippen molar-refractivity contribution in [3.05, 3.63) is 146 Å². The summed E-state index contributed by atoms with van der Waals surface area (Å²) in [6.45, 7) is 4.24. The van der Waals surface area contributed by atoms with Gasteiger partial charge in [-0.1, -0.05) is 62.4 Å². The van der Waals surface area contributed by atoms with E-state index in [1.165, 1.54) is 0 Å². The first-order valence-electron chi connectivity index (χ1n) is 17.7. The fourth-order valence-electron chi connectivity index (χ4n) is 5.89. The third kappa shape index (κ3) is 7.95. The van der Waals surface area contributed by atoms with E-state index in [0.29, 0.717) is 0 Å². The van der Waals surface area contributed by atoms with Crippen molar-refractivity contribution in [2.45, 2.75) is 23.9 Å². The van der Waals surface area contributed by atoms with Crippen LogP contribution in [0.15, 0.2) is 156 Å². The lowest BCUT2D eigenvalue weighted by molar-refractivity contribution is 1.12. The van der Waals surface area contributed by atoms with Gasteiger partial charge in [0.2, 0.25) is 0 Å². The zero-order valence-electron chi connectivity index (χ0n) is 29.7. The molecule has 0 spiro atoms. The van der Waals surface area contributed by atoms with Crippen LogP contribution in [0.1, 0.15) is 13.8 Å². The minimum Gasteiger partial charge on any atom is -0.245 e. The normalized spacial score (nSPS) is 11.1. The Morgan fingerprint density at radius 2 is 0.426 bits per heavy atom. The lowest BCUT2D eigenvalue weighted by atomic mass is 10.1. The highest BCUT2D eigenvalue weighted by atomic mass is 32.2. The first kappa shape index (κ1) is 35.0. The van der Waals surface area contributed by atoms with Crippen molar-refractivity contribution in [1.82, 2.24) is 39.9 Å². The van der Waals surface area contributed by atoms with Crippen LogP contribution < -0.4 is 0 Å². The van der Waals surface area contributed by atoms with Crippen molar-refractivity contribution < 1.29 is 0 Å². The van der Waals surface area contributed by atoms with E-state index in [-0.39, 0.29) is 0 Å². The standard InChI is InChI=1S/C44H34N8S2/c1-3-53-43-27-11-25-41(51-43)39-23-9-21-37(49-39)35-19-7-17-33(47-35)31-15-5-13-29(45-31)30-14-6-16-32(46-30)34-18-8-20-36(48-34)38-22-10-24-40(50-38)42-26-12-28-44(52-42)54-4-2/h5-28H,3-4H2,1-2H3. The molecule has 0 aliphatic heterocycles. The lowest BCUT2D eigenvalue weighted by Crippen LogP contribution is -1.97. The molecular weight excluding hydrogens is 705 g/mol. The molecule has 8 aromatic rings. The van der Waals surface area contributed by atoms with E-state index < -0.39 is 0 Å². The topological polar surface area (TPSA) is 103 Å². The molecule has 10 heteroatoms. The zero-order valence-corrected chi connectivity index (χ0v) is 31.3. The predicted octanol–water partition coefficient (Wildman–Crippen LogP) is 10.7. The molecule has 8 nitrogen and oxygen atoms in total. The monoisotopic (exact) mass is 738 g/mol. The molecule has 262 valence electrons. The summed E-state index contributed by atoms with van der Waals surface area (Å²) in [4.78, 5) is 39.4. The minimum absolute atomic E-state index is 0.735. The first-order chi connectivity index (χ1) is 26.6. The van der Waals surface area contributed by atoms with E-state index in [9.17, 15) is 0 Å². The average molecular weight is 739 g/mol. The van der Waals surface area contributed by atoms with E-state index >= 15 is 0 Å². The molecule has 0 bridgehead atoms. The first-order valence-corrected chi connectivity index (χ1v) is 19.7. The SMILES string of the molecule is CCSc1cccc(-c2cccc(-c3cccc(-c4cccc(-c5cccc(-c6cccc(-c7cccc(-c8cccc(SCC)n8)n7)n6)n5)n4)n3)n2)n1. The average Bonchev–Trinajstić information content (AvgIpc) is 3.24. The summed E-state index contributed by atoms with van der Waals surface area (Å²) in [6, 6.07) is 47.6. The Morgan fingerprint density at radius 1 is 0.259 bits per heavy atom. The molecule has 8 aromatic heterocycles. The molecule has 0 amide bonds. The Balaban J connectivity index is 1.05. The van der Waals surface area contributed by atoms with Crippen LogP contribution in [0.25, 0.3) is 79.7 Å². The second-order valence-corrected chi connectivity index (χ2v) is 14.6. The summed E-state index contributed by atoms with van der Waals surface area (Å²) in [5.74, 6) is 1.92. The Labute approximate surface area is 322 Å². The van der Waals surface area contributed by atoms with Crippen LogP contribution in [-0.2, 0) is 0 Å². The smallest absolute Gasteiger partial charge is 0.0967 e. The molecule has 0 aromatic carbocycles. The highest BCUT2D eigenvalue weighted by Gasteiger charge is 2.13. The van der Waals surface area contributed by atoms with Gasteiger partial charge in [0.05, 0.1) is 89.8 Å². The van der Waals surface area contributed by atoms with Gasteiger partial charge in [0.15, 0.2) is 0 Å². The number of rotatable bonds is 11. The van der Waals surface area contributed by atoms with Crippen molar-refractivity contribution >= 4 is 23.5 Å². The summed E-state index contributed by atoms with van der Waals surface area (Å²) in [5.41, 5.74) is 10.8. The Morgan fingerprint density at radius 3 is 0.611 bits per heavy atom. The molecule has 0 N–H and O–H groups in total. The van der Waals surface area contributed by atoms with Crippen LogP contribution in [0.4, 0.5) is 0 Å². The fourth-order valence-corrected chi connectivity index (χ4v) is 7.16. The van der Waals surface area contributed by atoms with E-state index in [1.807, 2.05) is 146 Å². The fraction of sp³-hybridized carbons (Fsp3) is 0.0909. The molecule has 54 heavy (non-hydrogen) atoms. The Bertz CT molecular complexity index is 2400. The van der Waals surface area contributed by atoms with Gasteiger partial charge in [-0.3, -0.25) is 0 Å². The van der Waals surface area contributed by atoms with Crippen LogP contribution in [0.5, 0.6) is 0 Å². The number of hydrogen-bond donors (Lipinski definition) is 0. The van der Waals surface area contributed by atoms with Crippen molar-refractivity contribution in [2.24, 2.45) is 0 Å². The van der Waals surface area contributed by atoms with Crippen molar-refractivity contribution in [2.75, 3.05) is 11.5 Å². The summed E-state index contributed by atoms with van der Waals surface area (Å²) in [7, 11) is 0. The molecule has 0 aliphatic carbocycles. The molecule has 0 unspecified atom stereocenters. The largest absolute Gasteiger partial charge is 0.245 e. The van der Waals surface area contributed by atoms with Crippen LogP contribution in [0.3, 0.4) is 0 Å². The summed E-state index contributed by atoms with van der Waals surface area (Å²) in [6.07, 6.45) is 0. The molecule has 0 radical (unpaired) electrons. The van der Waals surface area contributed by atoms with Gasteiger partial charge < -0.3 is 0 Å². The second kappa shape index (κ2) is 16.3. The van der Waals surface area contributed by atoms with Crippen LogP contribution in [-0.4, -0.2) is 51.4 Å². The summed E-state index contributed by atoms with van der Waals surface area (Å²) >= 11 is 3.43. The van der Waals surface area contributed by atoms with Gasteiger partial charge >= 0.3 is 0 Å². The molecule has 8 heterocycles. The highest BCUT2D eigenvalue weighted by Crippen LogP contribution is 2.28. The third-order valence-electron chi connectivity index (χ3n) is 8.36. The van der Waals surface area contributed by atoms with Gasteiger partial charge in [0, 0.05) is 0 Å². The summed E-state index contributed by atoms with van der Waals surface area (Å²) in [5, 5.41) is 1.97. The van der Waals surface area contributed by atoms with E-state index in [4.69, 9.17) is 39.9 Å². The molecule has 0 aliphatic rings. The zero-order chi connectivity index (χ0) is 36.7. The molecule has 0 saturated heterocycles. The van der Waals surface area contributed by atoms with Gasteiger partial charge in [-0.2, -0.15) is 0 Å². The van der Waals surface area contributed by atoms with E-state index in [1.54, 1.807) is 23.5 Å². The van der Waals surface area contributed by atoms with Gasteiger partial charge in [-0.15, -0.1) is 23.5 Å². The van der Waals surface area contributed by atoms with E-state index in [0.717, 1.165) is 101 Å². The minimum atomic E-state index is 0.735. The predicted molar refractivity (Wildman–Crippen MR) is 220 cm³/mol. The molecular formula is C44H34N8S2. The van der Waals surface area contributed by atoms with Crippen LogP contribution in [0.2, 0.25) is 0 Å². The number of aromatic nitrogens is 8. The van der Waals surface area contributed by atoms with Gasteiger partial charge in [-0.05, 0) is 109 Å².